The molecule has 0 unspecified atom stereocenters. The van der Waals surface area contributed by atoms with Gasteiger partial charge in [0.05, 0.1) is 19.8 Å². The fourth-order valence-electron chi connectivity index (χ4n) is 4.25. The molecule has 138 valence electrons. The average Bonchev–Trinajstić information content (AvgIpc) is 2.66. The predicted molar refractivity (Wildman–Crippen MR) is 98.4 cm³/mol. The number of benzene rings is 1. The molecule has 0 bridgehead atoms. The van der Waals surface area contributed by atoms with Crippen LogP contribution in [0, 0.1) is 5.92 Å². The number of methoxy groups -OCH3 is 2. The van der Waals surface area contributed by atoms with Crippen LogP contribution in [0.25, 0.3) is 0 Å². The number of nitrogens with zero attached hydrogens (tertiary/aromatic N) is 2. The molecule has 0 radical (unpaired) electrons. The summed E-state index contributed by atoms with van der Waals surface area (Å²) in [7, 11) is 3.17. The molecule has 1 aromatic carbocycles. The zero-order valence-corrected chi connectivity index (χ0v) is 15.7. The van der Waals surface area contributed by atoms with Crippen LogP contribution in [0.4, 0.5) is 0 Å². The van der Waals surface area contributed by atoms with Gasteiger partial charge in [0.15, 0.2) is 11.5 Å². The molecule has 1 saturated heterocycles. The molecule has 0 N–H and O–H groups in total. The van der Waals surface area contributed by atoms with Gasteiger partial charge in [0.1, 0.15) is 0 Å². The fraction of sp³-hybridized carbons (Fsp3) is 0.650. The Kier molecular flexibility index (Phi) is 5.84. The van der Waals surface area contributed by atoms with Gasteiger partial charge in [-0.15, -0.1) is 0 Å². The van der Waals surface area contributed by atoms with Crippen molar-refractivity contribution in [2.45, 2.75) is 38.6 Å². The molecule has 5 nitrogen and oxygen atoms in total. The molecule has 1 amide bonds. The molecule has 1 aliphatic heterocycles. The number of rotatable bonds is 4. The minimum Gasteiger partial charge on any atom is -0.493 e. The molecule has 0 spiro atoms. The molecule has 2 atom stereocenters. The van der Waals surface area contributed by atoms with Gasteiger partial charge in [0.25, 0.3) is 5.91 Å². The van der Waals surface area contributed by atoms with Crippen molar-refractivity contribution in [2.75, 3.05) is 40.4 Å². The maximum atomic E-state index is 13.0. The number of hydrogen-bond donors (Lipinski definition) is 0. The Morgan fingerprint density at radius 2 is 1.84 bits per heavy atom. The number of piperazine rings is 1. The number of carbonyl (C=O) groups is 1. The van der Waals surface area contributed by atoms with E-state index in [4.69, 9.17) is 9.47 Å². The van der Waals surface area contributed by atoms with Gasteiger partial charge < -0.3 is 14.4 Å². The van der Waals surface area contributed by atoms with E-state index in [1.807, 2.05) is 23.1 Å². The second-order valence-corrected chi connectivity index (χ2v) is 7.29. The largest absolute Gasteiger partial charge is 0.493 e. The standard InChI is InChI=1S/C20H30N2O3/c1-15-6-4-7-16(14-15)21-10-12-22(13-11-21)20(23)17-8-5-9-18(24-2)19(17)25-3/h5,8-9,15-16H,4,6-7,10-14H2,1-3H3/t15-,16-/m0/s1. The Balaban J connectivity index is 1.64. The number of carbonyl (C=O) groups excluding carboxylic acids is 1. The van der Waals surface area contributed by atoms with E-state index >= 15 is 0 Å². The van der Waals surface area contributed by atoms with Crippen LogP contribution in [0.15, 0.2) is 18.2 Å². The molecule has 2 aliphatic rings. The summed E-state index contributed by atoms with van der Waals surface area (Å²) in [6.07, 6.45) is 5.32. The van der Waals surface area contributed by atoms with Crippen molar-refractivity contribution < 1.29 is 14.3 Å². The lowest BCUT2D eigenvalue weighted by Crippen LogP contribution is -2.52. The molecule has 1 aromatic rings. The normalized spacial score (nSPS) is 24.8. The SMILES string of the molecule is COc1cccc(C(=O)N2CCN([C@H]3CCC[C@H](C)C3)CC2)c1OC. The van der Waals surface area contributed by atoms with Crippen LogP contribution in [-0.4, -0.2) is 62.1 Å². The second-order valence-electron chi connectivity index (χ2n) is 7.29. The van der Waals surface area contributed by atoms with Gasteiger partial charge in [-0.05, 0) is 30.9 Å². The van der Waals surface area contributed by atoms with E-state index in [0.29, 0.717) is 23.1 Å². The Hall–Kier alpha value is -1.75. The molecule has 1 aliphatic carbocycles. The fourth-order valence-corrected chi connectivity index (χ4v) is 4.25. The highest BCUT2D eigenvalue weighted by Gasteiger charge is 2.30. The number of hydrogen-bond acceptors (Lipinski definition) is 4. The molecule has 25 heavy (non-hydrogen) atoms. The van der Waals surface area contributed by atoms with Crippen LogP contribution < -0.4 is 9.47 Å². The third-order valence-corrected chi connectivity index (χ3v) is 5.66. The lowest BCUT2D eigenvalue weighted by Gasteiger charge is -2.42. The summed E-state index contributed by atoms with van der Waals surface area (Å²) in [5, 5.41) is 0. The van der Waals surface area contributed by atoms with Gasteiger partial charge >= 0.3 is 0 Å². The number of amides is 1. The van der Waals surface area contributed by atoms with Gasteiger partial charge in [-0.1, -0.05) is 25.8 Å². The third-order valence-electron chi connectivity index (χ3n) is 5.66. The van der Waals surface area contributed by atoms with E-state index in [-0.39, 0.29) is 5.91 Å². The van der Waals surface area contributed by atoms with Gasteiger partial charge in [-0.2, -0.15) is 0 Å². The number of para-hydroxylation sites is 1. The van der Waals surface area contributed by atoms with E-state index in [1.165, 1.54) is 25.7 Å². The first-order valence-corrected chi connectivity index (χ1v) is 9.38. The molecular weight excluding hydrogens is 316 g/mol. The van der Waals surface area contributed by atoms with Gasteiger partial charge in [0, 0.05) is 32.2 Å². The minimum absolute atomic E-state index is 0.0346. The van der Waals surface area contributed by atoms with Gasteiger partial charge in [-0.25, -0.2) is 0 Å². The number of ether oxygens (including phenoxy) is 2. The highest BCUT2D eigenvalue weighted by molar-refractivity contribution is 5.97. The molecule has 2 fully saturated rings. The summed E-state index contributed by atoms with van der Waals surface area (Å²) < 4.78 is 10.7. The lowest BCUT2D eigenvalue weighted by molar-refractivity contribution is 0.0486. The highest BCUT2D eigenvalue weighted by Crippen LogP contribution is 2.32. The Labute approximate surface area is 150 Å². The molecule has 5 heteroatoms. The zero-order valence-electron chi connectivity index (χ0n) is 15.7. The highest BCUT2D eigenvalue weighted by atomic mass is 16.5. The molecular formula is C20H30N2O3. The Morgan fingerprint density at radius 1 is 1.08 bits per heavy atom. The van der Waals surface area contributed by atoms with Crippen LogP contribution in [0.2, 0.25) is 0 Å². The van der Waals surface area contributed by atoms with Crippen molar-refractivity contribution in [2.24, 2.45) is 5.92 Å². The molecule has 3 rings (SSSR count). The molecule has 1 heterocycles. The monoisotopic (exact) mass is 346 g/mol. The molecule has 0 aromatic heterocycles. The van der Waals surface area contributed by atoms with Crippen molar-refractivity contribution in [1.29, 1.82) is 0 Å². The van der Waals surface area contributed by atoms with E-state index in [9.17, 15) is 4.79 Å². The van der Waals surface area contributed by atoms with Crippen LogP contribution in [0.1, 0.15) is 43.0 Å². The quantitative estimate of drug-likeness (QED) is 0.840. The Morgan fingerprint density at radius 3 is 2.48 bits per heavy atom. The average molecular weight is 346 g/mol. The van der Waals surface area contributed by atoms with E-state index in [1.54, 1.807) is 14.2 Å². The van der Waals surface area contributed by atoms with Crippen LogP contribution in [0.5, 0.6) is 11.5 Å². The zero-order chi connectivity index (χ0) is 17.8. The summed E-state index contributed by atoms with van der Waals surface area (Å²) >= 11 is 0. The van der Waals surface area contributed by atoms with E-state index < -0.39 is 0 Å². The summed E-state index contributed by atoms with van der Waals surface area (Å²) in [6.45, 7) is 5.86. The van der Waals surface area contributed by atoms with E-state index in [0.717, 1.165) is 32.1 Å². The third kappa shape index (κ3) is 3.92. The second kappa shape index (κ2) is 8.09. The van der Waals surface area contributed by atoms with Crippen LogP contribution >= 0.6 is 0 Å². The molecule has 1 saturated carbocycles. The van der Waals surface area contributed by atoms with Crippen LogP contribution in [0.3, 0.4) is 0 Å². The van der Waals surface area contributed by atoms with Gasteiger partial charge in [-0.3, -0.25) is 9.69 Å². The first kappa shape index (κ1) is 18.1. The summed E-state index contributed by atoms with van der Waals surface area (Å²) in [5.41, 5.74) is 0.585. The lowest BCUT2D eigenvalue weighted by atomic mass is 9.86. The Bertz CT molecular complexity index is 597. The topological polar surface area (TPSA) is 42.0 Å². The smallest absolute Gasteiger partial charge is 0.257 e. The van der Waals surface area contributed by atoms with Crippen molar-refractivity contribution >= 4 is 5.91 Å². The van der Waals surface area contributed by atoms with Crippen molar-refractivity contribution in [3.63, 3.8) is 0 Å². The first-order chi connectivity index (χ1) is 12.1. The first-order valence-electron chi connectivity index (χ1n) is 9.38. The predicted octanol–water partition coefficient (Wildman–Crippen LogP) is 3.04. The summed E-state index contributed by atoms with van der Waals surface area (Å²) in [4.78, 5) is 17.5. The van der Waals surface area contributed by atoms with Gasteiger partial charge in [0.2, 0.25) is 0 Å². The maximum absolute atomic E-state index is 13.0. The van der Waals surface area contributed by atoms with Crippen molar-refractivity contribution in [1.82, 2.24) is 9.80 Å². The van der Waals surface area contributed by atoms with Crippen molar-refractivity contribution in [3.8, 4) is 11.5 Å². The van der Waals surface area contributed by atoms with Crippen molar-refractivity contribution in [3.05, 3.63) is 23.8 Å². The summed E-state index contributed by atoms with van der Waals surface area (Å²) in [6, 6.07) is 6.18. The summed E-state index contributed by atoms with van der Waals surface area (Å²) in [5.74, 6) is 1.99. The van der Waals surface area contributed by atoms with Crippen LogP contribution in [-0.2, 0) is 0 Å². The maximum Gasteiger partial charge on any atom is 0.257 e. The van der Waals surface area contributed by atoms with E-state index in [2.05, 4.69) is 11.8 Å². The minimum atomic E-state index is 0.0346.